The minimum absolute atomic E-state index is 0.0997. The van der Waals surface area contributed by atoms with Crippen molar-refractivity contribution in [3.63, 3.8) is 0 Å². The van der Waals surface area contributed by atoms with E-state index in [2.05, 4.69) is 31.9 Å². The molecule has 2 unspecified atom stereocenters. The first kappa shape index (κ1) is 66.4. The molecule has 9 N–H and O–H groups in total. The topological polar surface area (TPSA) is 285 Å². The molecule has 0 aliphatic carbocycles. The Labute approximate surface area is 492 Å². The monoisotopic (exact) mass is 1160 g/mol. The highest BCUT2D eigenvalue weighted by Crippen LogP contribution is 2.32. The number of ether oxygens (including phenoxy) is 1. The Hall–Kier alpha value is -8.36. The van der Waals surface area contributed by atoms with Gasteiger partial charge in [0.15, 0.2) is 0 Å². The molecular weight excluding hydrogens is 1070 g/mol. The van der Waals surface area contributed by atoms with Crippen LogP contribution in [0.4, 0.5) is 21.9 Å². The molecule has 1 aliphatic rings. The first-order chi connectivity index (χ1) is 39.5. The summed E-state index contributed by atoms with van der Waals surface area (Å²) in [4.78, 5) is 109. The lowest BCUT2D eigenvalue weighted by Crippen LogP contribution is -2.61. The number of hydrogen-bond acceptors (Lipinski definition) is 12. The van der Waals surface area contributed by atoms with Gasteiger partial charge in [0.2, 0.25) is 29.5 Å². The van der Waals surface area contributed by atoms with Crippen molar-refractivity contribution in [1.29, 1.82) is 0 Å². The van der Waals surface area contributed by atoms with Crippen LogP contribution in [0.3, 0.4) is 0 Å². The standard InChI is InChI=1S/C64H84N8O12/c1-38(2)50(34-40(5)61(81)82)71(12)60(80)56(63(6,7)8)70-59(79)55(65-11)64(9,10)45-21-17-22-47(35-45)67-62(83)84-37-41-24-28-46(29-25-41)66-57(77)48(30-33-53(75)76)68-58(78)54(39(3)4)69-51(73)31-32-52(74)72-36-44-20-14-13-18-42(44)26-27-43-19-15-16-23-49(43)72/h13-29,34-35,38-39,48,50,54-57,65-66,77H,30-33,36-37H2,1-12H3,(H,67,83)(H,68,78)(H,69,73)(H,70,79)(H,75,76)(H,81,82)/b27-26?,40-34+/t48-,50+,54-,55?,56+,57?/m0/s1. The van der Waals surface area contributed by atoms with Crippen molar-refractivity contribution in [3.8, 4) is 0 Å². The zero-order chi connectivity index (χ0) is 62.2. The van der Waals surface area contributed by atoms with E-state index in [9.17, 15) is 53.7 Å². The Morgan fingerprint density at radius 3 is 1.99 bits per heavy atom. The van der Waals surface area contributed by atoms with Crippen molar-refractivity contribution >= 4 is 76.8 Å². The van der Waals surface area contributed by atoms with Gasteiger partial charge in [0, 0.05) is 48.7 Å². The average molecular weight is 1160 g/mol. The molecule has 1 aliphatic heterocycles. The summed E-state index contributed by atoms with van der Waals surface area (Å²) in [6.07, 6.45) is 2.35. The number of aliphatic hydroxyl groups is 1. The lowest BCUT2D eigenvalue weighted by molar-refractivity contribution is -0.141. The lowest BCUT2D eigenvalue weighted by atomic mass is 9.76. The van der Waals surface area contributed by atoms with Crippen LogP contribution >= 0.6 is 0 Å². The Bertz CT molecular complexity index is 3060. The number of aliphatic carboxylic acids is 2. The van der Waals surface area contributed by atoms with Crippen LogP contribution in [0.1, 0.15) is 123 Å². The second-order valence-electron chi connectivity index (χ2n) is 23.6. The molecule has 0 bridgehead atoms. The zero-order valence-electron chi connectivity index (χ0n) is 50.2. The summed E-state index contributed by atoms with van der Waals surface area (Å²) in [6.45, 7) is 18.1. The van der Waals surface area contributed by atoms with E-state index in [0.29, 0.717) is 34.7 Å². The third-order valence-electron chi connectivity index (χ3n) is 15.0. The van der Waals surface area contributed by atoms with Crippen molar-refractivity contribution in [2.24, 2.45) is 17.3 Å². The second kappa shape index (κ2) is 29.8. The highest BCUT2D eigenvalue weighted by atomic mass is 16.5. The van der Waals surface area contributed by atoms with Crippen molar-refractivity contribution in [2.75, 3.05) is 29.6 Å². The van der Waals surface area contributed by atoms with Gasteiger partial charge in [-0.1, -0.05) is 147 Å². The van der Waals surface area contributed by atoms with Gasteiger partial charge in [-0.3, -0.25) is 34.1 Å². The summed E-state index contributed by atoms with van der Waals surface area (Å²) in [7, 11) is 3.24. The van der Waals surface area contributed by atoms with Gasteiger partial charge in [0.25, 0.3) is 0 Å². The first-order valence-electron chi connectivity index (χ1n) is 28.2. The third-order valence-corrected chi connectivity index (χ3v) is 15.0. The number of amides is 6. The number of hydrogen-bond donors (Lipinski definition) is 9. The number of para-hydroxylation sites is 1. The van der Waals surface area contributed by atoms with Crippen LogP contribution in [0.15, 0.2) is 109 Å². The summed E-state index contributed by atoms with van der Waals surface area (Å²) in [6, 6.07) is 24.1. The maximum absolute atomic E-state index is 14.2. The Morgan fingerprint density at radius 1 is 0.726 bits per heavy atom. The van der Waals surface area contributed by atoms with Crippen LogP contribution in [0, 0.1) is 17.3 Å². The van der Waals surface area contributed by atoms with Gasteiger partial charge in [0.05, 0.1) is 30.4 Å². The molecule has 6 atom stereocenters. The number of fused-ring (bicyclic) bond motifs is 2. The van der Waals surface area contributed by atoms with Gasteiger partial charge in [-0.2, -0.15) is 0 Å². The summed E-state index contributed by atoms with van der Waals surface area (Å²) in [5, 5.41) is 47.7. The number of aliphatic hydroxyl groups excluding tert-OH is 1. The zero-order valence-corrected chi connectivity index (χ0v) is 50.2. The molecule has 6 amide bonds. The number of anilines is 3. The van der Waals surface area contributed by atoms with E-state index in [4.69, 9.17) is 4.74 Å². The quantitative estimate of drug-likeness (QED) is 0.0212. The van der Waals surface area contributed by atoms with Crippen LogP contribution in [-0.2, 0) is 56.9 Å². The Balaban J connectivity index is 1.16. The summed E-state index contributed by atoms with van der Waals surface area (Å²) < 4.78 is 5.54. The van der Waals surface area contributed by atoms with Crippen LogP contribution in [0.5, 0.6) is 0 Å². The van der Waals surface area contributed by atoms with E-state index >= 15 is 0 Å². The van der Waals surface area contributed by atoms with E-state index in [0.717, 1.165) is 16.7 Å². The highest BCUT2D eigenvalue weighted by Gasteiger charge is 2.42. The Morgan fingerprint density at radius 2 is 1.37 bits per heavy atom. The summed E-state index contributed by atoms with van der Waals surface area (Å²) in [5.41, 5.74) is 3.98. The number of rotatable bonds is 26. The first-order valence-corrected chi connectivity index (χ1v) is 28.2. The number of nitrogens with one attached hydrogen (secondary N) is 6. The molecule has 20 nitrogen and oxygen atoms in total. The fourth-order valence-electron chi connectivity index (χ4n) is 9.93. The van der Waals surface area contributed by atoms with Crippen LogP contribution in [-0.4, -0.2) is 118 Å². The molecule has 84 heavy (non-hydrogen) atoms. The molecular formula is C64H84N8O12. The van der Waals surface area contributed by atoms with Gasteiger partial charge in [-0.15, -0.1) is 0 Å². The fraction of sp³-hybridized carbons (Fsp3) is 0.438. The van der Waals surface area contributed by atoms with Gasteiger partial charge in [0.1, 0.15) is 24.9 Å². The molecule has 1 heterocycles. The molecule has 5 rings (SSSR count). The normalized spacial score (nSPS) is 14.7. The minimum atomic E-state index is -1.49. The van der Waals surface area contributed by atoms with Crippen molar-refractivity contribution in [2.45, 2.75) is 150 Å². The summed E-state index contributed by atoms with van der Waals surface area (Å²) >= 11 is 0. The van der Waals surface area contributed by atoms with E-state index in [1.165, 1.54) is 11.8 Å². The van der Waals surface area contributed by atoms with Gasteiger partial charge >= 0.3 is 18.0 Å². The van der Waals surface area contributed by atoms with Crippen LogP contribution in [0.2, 0.25) is 0 Å². The predicted octanol–water partition coefficient (Wildman–Crippen LogP) is 8.06. The van der Waals surface area contributed by atoms with Crippen molar-refractivity contribution in [1.82, 2.24) is 26.2 Å². The maximum atomic E-state index is 14.2. The average Bonchev–Trinajstić information content (AvgIpc) is 2.04. The molecule has 0 saturated carbocycles. The number of carbonyl (C=O) groups is 8. The fourth-order valence-corrected chi connectivity index (χ4v) is 9.93. The molecule has 0 spiro atoms. The third kappa shape index (κ3) is 18.3. The number of carboxylic acid groups (broad SMARTS) is 2. The minimum Gasteiger partial charge on any atom is -0.481 e. The molecule has 4 aromatic carbocycles. The Kier molecular flexibility index (Phi) is 23.5. The number of benzene rings is 4. The van der Waals surface area contributed by atoms with Crippen LogP contribution in [0.25, 0.3) is 12.2 Å². The number of likely N-dealkylation sites (N-methyl/N-ethyl adjacent to an activating group) is 2. The van der Waals surface area contributed by atoms with Gasteiger partial charge in [-0.25, -0.2) is 9.59 Å². The van der Waals surface area contributed by atoms with Crippen molar-refractivity contribution < 1.29 is 58.4 Å². The SMILES string of the molecule is CNC(C(=O)N[C@H](C(=O)N(C)[C@H](/C=C(\C)C(=O)O)C(C)C)C(C)(C)C)C(C)(C)c1cccc(NC(=O)OCc2ccc(NC(O)[C@H](CCC(=O)O)NC(=O)[C@@H](NC(=O)CCC(=O)N3Cc4ccccc4C=Cc4ccccc43)C(C)C)cc2)c1. The second-order valence-corrected chi connectivity index (χ2v) is 23.6. The van der Waals surface area contributed by atoms with E-state index in [1.807, 2.05) is 115 Å². The molecule has 0 radical (unpaired) electrons. The molecule has 0 fully saturated rings. The molecule has 0 aromatic heterocycles. The lowest BCUT2D eigenvalue weighted by Gasteiger charge is -2.40. The molecule has 452 valence electrons. The summed E-state index contributed by atoms with van der Waals surface area (Å²) in [5.74, 6) is -5.09. The number of nitrogens with zero attached hydrogens (tertiary/aromatic N) is 2. The van der Waals surface area contributed by atoms with Gasteiger partial charge < -0.3 is 56.4 Å². The van der Waals surface area contributed by atoms with E-state index in [1.54, 1.807) is 81.4 Å². The maximum Gasteiger partial charge on any atom is 0.411 e. The van der Waals surface area contributed by atoms with Gasteiger partial charge in [-0.05, 0) is 95.8 Å². The van der Waals surface area contributed by atoms with E-state index in [-0.39, 0.29) is 49.2 Å². The van der Waals surface area contributed by atoms with Crippen LogP contribution < -0.4 is 36.8 Å². The van der Waals surface area contributed by atoms with E-state index < -0.39 is 95.4 Å². The molecule has 4 aromatic rings. The predicted molar refractivity (Wildman–Crippen MR) is 324 cm³/mol. The molecule has 0 saturated heterocycles. The highest BCUT2D eigenvalue weighted by molar-refractivity contribution is 5.99. The molecule has 20 heteroatoms. The largest absolute Gasteiger partial charge is 0.481 e. The number of carboxylic acids is 2. The smallest absolute Gasteiger partial charge is 0.411 e. The number of carbonyl (C=O) groups excluding carboxylic acids is 6. The van der Waals surface area contributed by atoms with Crippen molar-refractivity contribution in [3.05, 3.63) is 137 Å².